The van der Waals surface area contributed by atoms with Crippen molar-refractivity contribution in [2.45, 2.75) is 105 Å². The van der Waals surface area contributed by atoms with Gasteiger partial charge in [0.1, 0.15) is 0 Å². The fourth-order valence-corrected chi connectivity index (χ4v) is 6.88. The van der Waals surface area contributed by atoms with Gasteiger partial charge in [0, 0.05) is 22.2 Å². The molecule has 0 unspecified atom stereocenters. The van der Waals surface area contributed by atoms with Gasteiger partial charge in [0.25, 0.3) is 17.5 Å². The Bertz CT molecular complexity index is 644. The van der Waals surface area contributed by atoms with Crippen LogP contribution in [0.15, 0.2) is 33.5 Å². The maximum absolute atomic E-state index is 5.12. The topological polar surface area (TPSA) is 48.8 Å². The summed E-state index contributed by atoms with van der Waals surface area (Å²) in [4.78, 5) is 7.52. The fourth-order valence-electron chi connectivity index (χ4n) is 2.50. The van der Waals surface area contributed by atoms with Crippen LogP contribution < -0.4 is 20.3 Å². The Balaban J connectivity index is 3.35. The number of hydrogen-bond acceptors (Lipinski definition) is 2. The maximum atomic E-state index is 5.12. The van der Waals surface area contributed by atoms with Crippen LogP contribution in [0.3, 0.4) is 0 Å². The Kier molecular flexibility index (Phi) is 7.73. The molecular formula is C22H42N4Si2. The summed E-state index contributed by atoms with van der Waals surface area (Å²) < 4.78 is 10.2. The summed E-state index contributed by atoms with van der Waals surface area (Å²) in [6.07, 6.45) is 0. The van der Waals surface area contributed by atoms with E-state index in [1.54, 1.807) is 0 Å². The minimum absolute atomic E-state index is 0.0338. The molecule has 0 saturated heterocycles. The first-order valence-corrected chi connectivity index (χ1v) is 13.1. The molecule has 1 aromatic rings. The molecule has 0 fully saturated rings. The lowest BCUT2D eigenvalue weighted by molar-refractivity contribution is 0.513. The molecule has 4 nitrogen and oxygen atoms in total. The van der Waals surface area contributed by atoms with Crippen molar-refractivity contribution in [3.05, 3.63) is 24.3 Å². The van der Waals surface area contributed by atoms with Crippen molar-refractivity contribution in [1.82, 2.24) is 9.96 Å². The van der Waals surface area contributed by atoms with Crippen LogP contribution >= 0.6 is 0 Å². The van der Waals surface area contributed by atoms with E-state index in [1.807, 2.05) is 0 Å². The van der Waals surface area contributed by atoms with E-state index in [9.17, 15) is 0 Å². The molecule has 0 aromatic heterocycles. The van der Waals surface area contributed by atoms with Crippen LogP contribution in [0.5, 0.6) is 0 Å². The third kappa shape index (κ3) is 10.4. The van der Waals surface area contributed by atoms with Crippen molar-refractivity contribution in [1.29, 1.82) is 0 Å². The Morgan fingerprint density at radius 3 is 0.964 bits per heavy atom. The molecule has 1 rings (SSSR count). The van der Waals surface area contributed by atoms with Crippen LogP contribution in [-0.4, -0.2) is 39.7 Å². The monoisotopic (exact) mass is 418 g/mol. The second kappa shape index (κ2) is 8.70. The molecular weight excluding hydrogens is 376 g/mol. The molecule has 0 heterocycles. The highest BCUT2D eigenvalue weighted by atomic mass is 28.3. The first kappa shape index (κ1) is 24.9. The first-order chi connectivity index (χ1) is 12.3. The normalized spacial score (nSPS) is 14.9. The van der Waals surface area contributed by atoms with Gasteiger partial charge >= 0.3 is 0 Å². The van der Waals surface area contributed by atoms with Crippen molar-refractivity contribution >= 4 is 27.9 Å². The largest absolute Gasteiger partial charge is 0.399 e. The van der Waals surface area contributed by atoms with E-state index in [-0.39, 0.29) is 22.2 Å². The second-order valence-corrected chi connectivity index (χ2v) is 15.1. The van der Waals surface area contributed by atoms with Crippen molar-refractivity contribution in [2.24, 2.45) is 9.27 Å². The van der Waals surface area contributed by atoms with Crippen molar-refractivity contribution in [3.63, 3.8) is 0 Å². The molecule has 0 bridgehead atoms. The van der Waals surface area contributed by atoms with E-state index in [0.717, 1.165) is 0 Å². The highest BCUT2D eigenvalue weighted by Gasteiger charge is 2.21. The molecule has 0 amide bonds. The average Bonchev–Trinajstić information content (AvgIpc) is 2.40. The van der Waals surface area contributed by atoms with Gasteiger partial charge in [-0.25, -0.2) is 0 Å². The van der Waals surface area contributed by atoms with Crippen molar-refractivity contribution in [2.75, 3.05) is 0 Å². The molecule has 0 aliphatic heterocycles. The molecule has 0 saturated carbocycles. The van der Waals surface area contributed by atoms with Gasteiger partial charge in [-0.1, -0.05) is 24.3 Å². The van der Waals surface area contributed by atoms with Gasteiger partial charge in [-0.15, -0.1) is 0 Å². The molecule has 0 aliphatic carbocycles. The molecule has 158 valence electrons. The number of nitrogens with zero attached hydrogens (tertiary/aromatic N) is 2. The molecule has 28 heavy (non-hydrogen) atoms. The van der Waals surface area contributed by atoms with E-state index in [0.29, 0.717) is 0 Å². The molecule has 6 heteroatoms. The summed E-state index contributed by atoms with van der Waals surface area (Å²) in [5.74, 6) is 0. The molecule has 1 aromatic carbocycles. The van der Waals surface area contributed by atoms with Gasteiger partial charge in [0.15, 0.2) is 0 Å². The first-order valence-electron chi connectivity index (χ1n) is 10.2. The highest BCUT2D eigenvalue weighted by molar-refractivity contribution is 6.62. The molecule has 0 radical (unpaired) electrons. The third-order valence-electron chi connectivity index (χ3n) is 3.31. The lowest BCUT2D eigenvalue weighted by Gasteiger charge is -2.27. The Morgan fingerprint density at radius 1 is 0.536 bits per heavy atom. The second-order valence-electron chi connectivity index (χ2n) is 11.6. The zero-order valence-corrected chi connectivity index (χ0v) is 22.2. The van der Waals surface area contributed by atoms with Gasteiger partial charge in [0.2, 0.25) is 0 Å². The zero-order chi connectivity index (χ0) is 22.0. The van der Waals surface area contributed by atoms with Gasteiger partial charge < -0.3 is 19.2 Å². The van der Waals surface area contributed by atoms with Crippen molar-refractivity contribution in [3.8, 4) is 0 Å². The molecule has 0 spiro atoms. The molecule has 0 aliphatic rings. The highest BCUT2D eigenvalue weighted by Crippen LogP contribution is 2.09. The van der Waals surface area contributed by atoms with E-state index >= 15 is 0 Å². The van der Waals surface area contributed by atoms with Gasteiger partial charge in [0.05, 0.1) is 0 Å². The molecule has 0 atom stereocenters. The van der Waals surface area contributed by atoms with E-state index in [1.165, 1.54) is 10.4 Å². The van der Waals surface area contributed by atoms with E-state index in [2.05, 4.69) is 117 Å². The lowest BCUT2D eigenvalue weighted by atomic mass is 10.1. The van der Waals surface area contributed by atoms with Crippen LogP contribution in [0.4, 0.5) is 0 Å². The lowest BCUT2D eigenvalue weighted by Crippen LogP contribution is -2.51. The summed E-state index contributed by atoms with van der Waals surface area (Å²) in [7, 11) is -2.43. The standard InChI is InChI=1S/C22H42N4Si2/c1-19(2,3)23-27(24-20(4,5)6)17-13-15-18(16-14-17)28(25-21(7,8)9)26-22(10,11)12/h13-16,23,25H,1-12H3. The number of hydrogen-bond donors (Lipinski definition) is 2. The Labute approximate surface area is 176 Å². The van der Waals surface area contributed by atoms with E-state index < -0.39 is 17.5 Å². The Morgan fingerprint density at radius 2 is 0.786 bits per heavy atom. The van der Waals surface area contributed by atoms with Crippen LogP contribution in [0.2, 0.25) is 0 Å². The predicted molar refractivity (Wildman–Crippen MR) is 127 cm³/mol. The van der Waals surface area contributed by atoms with E-state index in [4.69, 9.17) is 9.27 Å². The summed E-state index contributed by atoms with van der Waals surface area (Å²) >= 11 is 0. The van der Waals surface area contributed by atoms with Crippen LogP contribution in [-0.2, 0) is 0 Å². The van der Waals surface area contributed by atoms with Crippen LogP contribution in [0.25, 0.3) is 0 Å². The number of nitrogens with one attached hydrogen (secondary N) is 2. The zero-order valence-electron chi connectivity index (χ0n) is 20.2. The van der Waals surface area contributed by atoms with Gasteiger partial charge in [-0.05, 0) is 93.5 Å². The minimum Gasteiger partial charge on any atom is -0.399 e. The number of rotatable bonds is 4. The average molecular weight is 419 g/mol. The summed E-state index contributed by atoms with van der Waals surface area (Å²) in [6.45, 7) is 26.3. The quantitative estimate of drug-likeness (QED) is 0.726. The fraction of sp³-hybridized carbons (Fsp3) is 0.727. The Hall–Kier alpha value is -1.15. The smallest absolute Gasteiger partial charge is 0.273 e. The summed E-state index contributed by atoms with van der Waals surface area (Å²) in [6, 6.07) is 9.02. The number of benzene rings is 1. The molecule has 2 N–H and O–H groups in total. The van der Waals surface area contributed by atoms with Crippen LogP contribution in [0, 0.1) is 0 Å². The van der Waals surface area contributed by atoms with Crippen molar-refractivity contribution < 1.29 is 0 Å². The maximum Gasteiger partial charge on any atom is 0.273 e. The SMILES string of the molecule is CC(C)(C)N=[Si](NC(C)(C)C)c1ccc([Si](=NC(C)(C)C)NC(C)(C)C)cc1. The third-order valence-corrected chi connectivity index (χ3v) is 8.84. The summed E-state index contributed by atoms with van der Waals surface area (Å²) in [5.41, 5.74) is -0.0525. The van der Waals surface area contributed by atoms with Gasteiger partial charge in [-0.3, -0.25) is 0 Å². The van der Waals surface area contributed by atoms with Gasteiger partial charge in [-0.2, -0.15) is 0 Å². The predicted octanol–water partition coefficient (Wildman–Crippen LogP) is 3.99. The summed E-state index contributed by atoms with van der Waals surface area (Å²) in [5, 5.41) is 2.60. The minimum atomic E-state index is -1.21. The van der Waals surface area contributed by atoms with Crippen LogP contribution in [0.1, 0.15) is 83.1 Å².